The highest BCUT2D eigenvalue weighted by molar-refractivity contribution is 5.66. The van der Waals surface area contributed by atoms with Crippen molar-refractivity contribution in [2.24, 2.45) is 17.3 Å². The van der Waals surface area contributed by atoms with Gasteiger partial charge in [0.1, 0.15) is 0 Å². The lowest BCUT2D eigenvalue weighted by Gasteiger charge is -2.27. The quantitative estimate of drug-likeness (QED) is 0.266. The zero-order chi connectivity index (χ0) is 20.4. The Morgan fingerprint density at radius 3 is 2.59 bits per heavy atom. The van der Waals surface area contributed by atoms with Crippen molar-refractivity contribution in [2.75, 3.05) is 0 Å². The molecule has 1 saturated carbocycles. The molecule has 1 rings (SSSR count). The number of carboxylic acids is 1. The number of aliphatic hydroxyl groups excluding tert-OH is 3. The SMILES string of the molecule is CC#CCC(C)(C)[C@H](O)C=C[C@@H]1[C@@H](CC=CCCCC(=O)O)[C@@H](O)C[C@H]1O. The second-order valence-corrected chi connectivity index (χ2v) is 8.03. The molecule has 0 spiro atoms. The van der Waals surface area contributed by atoms with Crippen LogP contribution in [0.3, 0.4) is 0 Å². The van der Waals surface area contributed by atoms with Crippen molar-refractivity contribution in [2.45, 2.75) is 77.6 Å². The van der Waals surface area contributed by atoms with E-state index in [1.807, 2.05) is 32.1 Å². The molecule has 5 nitrogen and oxygen atoms in total. The number of hydrogen-bond donors (Lipinski definition) is 4. The van der Waals surface area contributed by atoms with Gasteiger partial charge < -0.3 is 20.4 Å². The van der Waals surface area contributed by atoms with Gasteiger partial charge in [-0.05, 0) is 32.1 Å². The molecule has 0 saturated heterocycles. The lowest BCUT2D eigenvalue weighted by Crippen LogP contribution is -2.28. The van der Waals surface area contributed by atoms with Crippen LogP contribution >= 0.6 is 0 Å². The third-order valence-corrected chi connectivity index (χ3v) is 5.29. The lowest BCUT2D eigenvalue weighted by molar-refractivity contribution is -0.137. The van der Waals surface area contributed by atoms with Gasteiger partial charge in [-0.15, -0.1) is 11.8 Å². The fourth-order valence-electron chi connectivity index (χ4n) is 3.36. The normalized spacial score (nSPS) is 27.0. The van der Waals surface area contributed by atoms with Crippen molar-refractivity contribution in [1.82, 2.24) is 0 Å². The number of unbranched alkanes of at least 4 members (excludes halogenated alkanes) is 1. The van der Waals surface area contributed by atoms with Crippen molar-refractivity contribution in [1.29, 1.82) is 0 Å². The molecule has 1 aliphatic rings. The summed E-state index contributed by atoms with van der Waals surface area (Å²) in [5.41, 5.74) is -0.388. The topological polar surface area (TPSA) is 98.0 Å². The molecule has 1 fully saturated rings. The highest BCUT2D eigenvalue weighted by Gasteiger charge is 2.39. The van der Waals surface area contributed by atoms with E-state index >= 15 is 0 Å². The van der Waals surface area contributed by atoms with Crippen LogP contribution in [-0.2, 0) is 4.79 Å². The fourth-order valence-corrected chi connectivity index (χ4v) is 3.36. The fraction of sp³-hybridized carbons (Fsp3) is 0.682. The average molecular weight is 379 g/mol. The van der Waals surface area contributed by atoms with Gasteiger partial charge in [0, 0.05) is 30.6 Å². The lowest BCUT2D eigenvalue weighted by atomic mass is 9.82. The molecular weight excluding hydrogens is 344 g/mol. The summed E-state index contributed by atoms with van der Waals surface area (Å²) in [6, 6.07) is 0. The predicted molar refractivity (Wildman–Crippen MR) is 106 cm³/mol. The van der Waals surface area contributed by atoms with Crippen LogP contribution in [0.1, 0.15) is 59.3 Å². The molecule has 4 N–H and O–H groups in total. The summed E-state index contributed by atoms with van der Waals surface area (Å²) in [7, 11) is 0. The van der Waals surface area contributed by atoms with E-state index < -0.39 is 24.3 Å². The van der Waals surface area contributed by atoms with Crippen LogP contribution < -0.4 is 0 Å². The third-order valence-electron chi connectivity index (χ3n) is 5.29. The van der Waals surface area contributed by atoms with Crippen molar-refractivity contribution < 1.29 is 25.2 Å². The zero-order valence-corrected chi connectivity index (χ0v) is 16.6. The first-order valence-electron chi connectivity index (χ1n) is 9.68. The Balaban J connectivity index is 2.65. The minimum absolute atomic E-state index is 0.113. The van der Waals surface area contributed by atoms with Gasteiger partial charge in [-0.3, -0.25) is 4.79 Å². The molecule has 5 atom stereocenters. The van der Waals surface area contributed by atoms with E-state index in [4.69, 9.17) is 5.11 Å². The van der Waals surface area contributed by atoms with Crippen LogP contribution in [0, 0.1) is 29.1 Å². The van der Waals surface area contributed by atoms with Gasteiger partial charge in [0.2, 0.25) is 0 Å². The second-order valence-electron chi connectivity index (χ2n) is 8.03. The summed E-state index contributed by atoms with van der Waals surface area (Å²) in [5.74, 6) is 4.71. The van der Waals surface area contributed by atoms with E-state index in [2.05, 4.69) is 11.8 Å². The zero-order valence-electron chi connectivity index (χ0n) is 16.6. The largest absolute Gasteiger partial charge is 0.481 e. The van der Waals surface area contributed by atoms with Gasteiger partial charge in [-0.2, -0.15) is 0 Å². The van der Waals surface area contributed by atoms with Crippen LogP contribution in [-0.4, -0.2) is 44.7 Å². The van der Waals surface area contributed by atoms with Crippen LogP contribution in [0.25, 0.3) is 0 Å². The van der Waals surface area contributed by atoms with E-state index in [9.17, 15) is 20.1 Å². The number of hydrogen-bond acceptors (Lipinski definition) is 4. The Morgan fingerprint density at radius 1 is 1.26 bits per heavy atom. The van der Waals surface area contributed by atoms with Crippen molar-refractivity contribution in [3.05, 3.63) is 24.3 Å². The molecule has 0 aromatic heterocycles. The van der Waals surface area contributed by atoms with Gasteiger partial charge >= 0.3 is 5.97 Å². The molecule has 152 valence electrons. The van der Waals surface area contributed by atoms with Crippen molar-refractivity contribution in [3.8, 4) is 11.8 Å². The summed E-state index contributed by atoms with van der Waals surface area (Å²) < 4.78 is 0. The first kappa shape index (κ1) is 23.4. The smallest absolute Gasteiger partial charge is 0.303 e. The van der Waals surface area contributed by atoms with Gasteiger partial charge in [0.05, 0.1) is 18.3 Å². The maximum atomic E-state index is 10.5. The highest BCUT2D eigenvalue weighted by atomic mass is 16.4. The molecule has 5 heteroatoms. The van der Waals surface area contributed by atoms with E-state index in [0.29, 0.717) is 32.1 Å². The van der Waals surface area contributed by atoms with E-state index in [0.717, 1.165) is 0 Å². The van der Waals surface area contributed by atoms with Crippen molar-refractivity contribution >= 4 is 5.97 Å². The number of carbonyl (C=O) groups is 1. The molecule has 0 amide bonds. The molecule has 0 aromatic rings. The Bertz CT molecular complexity index is 581. The molecule has 27 heavy (non-hydrogen) atoms. The molecule has 0 bridgehead atoms. The molecule has 0 aliphatic heterocycles. The minimum atomic E-state index is -0.797. The van der Waals surface area contributed by atoms with E-state index in [-0.39, 0.29) is 23.7 Å². The Kier molecular flexibility index (Phi) is 9.79. The Hall–Kier alpha value is -1.61. The molecule has 0 aromatic carbocycles. The summed E-state index contributed by atoms with van der Waals surface area (Å²) in [5, 5.41) is 39.6. The monoisotopic (exact) mass is 378 g/mol. The Morgan fingerprint density at radius 2 is 1.96 bits per heavy atom. The minimum Gasteiger partial charge on any atom is -0.481 e. The number of aliphatic carboxylic acids is 1. The summed E-state index contributed by atoms with van der Waals surface area (Å²) in [6.07, 6.45) is 8.46. The summed E-state index contributed by atoms with van der Waals surface area (Å²) in [4.78, 5) is 10.5. The van der Waals surface area contributed by atoms with E-state index in [1.54, 1.807) is 13.0 Å². The van der Waals surface area contributed by atoms with Crippen LogP contribution in [0.4, 0.5) is 0 Å². The number of rotatable bonds is 10. The van der Waals surface area contributed by atoms with Gasteiger partial charge in [-0.25, -0.2) is 0 Å². The first-order valence-corrected chi connectivity index (χ1v) is 9.68. The number of allylic oxidation sites excluding steroid dienone is 2. The third kappa shape index (κ3) is 7.88. The molecule has 1 aliphatic carbocycles. The number of aliphatic hydroxyl groups is 3. The number of carboxylic acid groups (broad SMARTS) is 1. The van der Waals surface area contributed by atoms with Crippen LogP contribution in [0.2, 0.25) is 0 Å². The van der Waals surface area contributed by atoms with Crippen LogP contribution in [0.15, 0.2) is 24.3 Å². The first-order chi connectivity index (χ1) is 12.7. The van der Waals surface area contributed by atoms with Gasteiger partial charge in [0.15, 0.2) is 0 Å². The van der Waals surface area contributed by atoms with E-state index in [1.165, 1.54) is 0 Å². The highest BCUT2D eigenvalue weighted by Crippen LogP contribution is 2.37. The summed E-state index contributed by atoms with van der Waals surface area (Å²) >= 11 is 0. The van der Waals surface area contributed by atoms with Crippen LogP contribution in [0.5, 0.6) is 0 Å². The maximum absolute atomic E-state index is 10.5. The van der Waals surface area contributed by atoms with Gasteiger partial charge in [-0.1, -0.05) is 38.2 Å². The second kappa shape index (κ2) is 11.3. The average Bonchev–Trinajstić information content (AvgIpc) is 2.86. The summed E-state index contributed by atoms with van der Waals surface area (Å²) in [6.45, 7) is 5.67. The molecule has 0 radical (unpaired) electrons. The molecule has 0 unspecified atom stereocenters. The standard InChI is InChI=1S/C22H34O5/c1-4-5-14-22(2,3)20(25)13-12-17-16(18(23)15-19(17)24)10-8-6-7-9-11-21(26)27/h6,8,12-13,16-20,23-25H,7,9-11,14-15H2,1-3H3,(H,26,27)/t16-,17-,18+,19-,20-/m1/s1. The van der Waals surface area contributed by atoms with Gasteiger partial charge in [0.25, 0.3) is 0 Å². The molecule has 0 heterocycles. The maximum Gasteiger partial charge on any atom is 0.303 e. The van der Waals surface area contributed by atoms with Crippen molar-refractivity contribution in [3.63, 3.8) is 0 Å². The molecular formula is C22H34O5. The Labute approximate surface area is 162 Å². The predicted octanol–water partition coefficient (Wildman–Crippen LogP) is 2.90.